The summed E-state index contributed by atoms with van der Waals surface area (Å²) in [6.07, 6.45) is 3.21. The highest BCUT2D eigenvalue weighted by Crippen LogP contribution is 2.42. The molecular formula is C57H30BF28N. The number of halogens is 28. The van der Waals surface area contributed by atoms with Crippen LogP contribution in [0.4, 0.5) is 129 Å². The van der Waals surface area contributed by atoms with Gasteiger partial charge in [0.2, 0.25) is 0 Å². The summed E-state index contributed by atoms with van der Waals surface area (Å²) in [5.41, 5.74) is -14.1. The van der Waals surface area contributed by atoms with E-state index >= 15 is 105 Å². The molecule has 0 heterocycles. The Bertz CT molecular complexity index is 3820. The normalized spacial score (nSPS) is 12.4. The number of rotatable bonds is 14. The van der Waals surface area contributed by atoms with Gasteiger partial charge in [0.1, 0.15) is 35.1 Å². The summed E-state index contributed by atoms with van der Waals surface area (Å²) in [4.78, 5) is 1.54. The molecule has 462 valence electrons. The van der Waals surface area contributed by atoms with E-state index in [1.54, 1.807) is 4.90 Å². The maximum absolute atomic E-state index is 17.3. The van der Waals surface area contributed by atoms with Crippen molar-refractivity contribution in [2.45, 2.75) is 58.3 Å². The lowest BCUT2D eigenvalue weighted by Gasteiger charge is -2.47. The average molecular weight is 1270 g/mol. The van der Waals surface area contributed by atoms with Crippen molar-refractivity contribution in [3.63, 3.8) is 0 Å². The van der Waals surface area contributed by atoms with Gasteiger partial charge < -0.3 is 4.90 Å². The summed E-state index contributed by atoms with van der Waals surface area (Å²) < 4.78 is 446. The van der Waals surface area contributed by atoms with E-state index < -0.39 is 234 Å². The third kappa shape index (κ3) is 9.86. The quantitative estimate of drug-likeness (QED) is 0.0364. The van der Waals surface area contributed by atoms with Crippen molar-refractivity contribution in [3.05, 3.63) is 193 Å². The molecule has 0 saturated heterocycles. The number of benzene rings is 9. The molecule has 1 nitrogen and oxygen atoms in total. The van der Waals surface area contributed by atoms with E-state index in [-0.39, 0.29) is 0 Å². The number of para-hydroxylation sites is 1. The van der Waals surface area contributed by atoms with Gasteiger partial charge in [0.15, 0.2) is 140 Å². The maximum atomic E-state index is 17.3. The predicted molar refractivity (Wildman–Crippen MR) is 259 cm³/mol. The Balaban J connectivity index is 0.000000468. The summed E-state index contributed by atoms with van der Waals surface area (Å²) in [6.45, 7) is 3.54. The molecule has 1 atom stereocenters. The molecule has 30 heteroatoms. The minimum Gasteiger partial charge on any atom is -0.305 e. The second-order valence-electron chi connectivity index (χ2n) is 19.7. The fourth-order valence-corrected chi connectivity index (χ4v) is 11.0. The third-order valence-corrected chi connectivity index (χ3v) is 14.9. The minimum absolute atomic E-state index is 1.26. The van der Waals surface area contributed by atoms with Gasteiger partial charge in [-0.2, -0.15) is 0 Å². The van der Waals surface area contributed by atoms with Crippen molar-refractivity contribution >= 4 is 76.8 Å². The molecular weight excluding hydrogens is 1240 g/mol. The zero-order valence-corrected chi connectivity index (χ0v) is 43.4. The molecule has 0 radical (unpaired) electrons. The Kier molecular flexibility index (Phi) is 18.2. The molecule has 9 aromatic carbocycles. The van der Waals surface area contributed by atoms with Crippen LogP contribution in [0.3, 0.4) is 0 Å². The van der Waals surface area contributed by atoms with Crippen molar-refractivity contribution in [2.75, 3.05) is 13.6 Å². The number of nitrogens with one attached hydrogen (secondary N) is 1. The molecule has 0 aliphatic rings. The predicted octanol–water partition coefficient (Wildman–Crippen LogP) is 15.5. The van der Waals surface area contributed by atoms with Gasteiger partial charge in [0, 0.05) is 0 Å². The van der Waals surface area contributed by atoms with Crippen LogP contribution in [-0.4, -0.2) is 19.7 Å². The van der Waals surface area contributed by atoms with E-state index in [1.807, 2.05) is 0 Å². The second-order valence-corrected chi connectivity index (χ2v) is 19.7. The molecule has 0 amide bonds. The van der Waals surface area contributed by atoms with Gasteiger partial charge in [-0.15, -0.1) is 21.9 Å². The largest absolute Gasteiger partial charge is 0.305 e. The summed E-state index contributed by atoms with van der Waals surface area (Å²) in [5, 5.41) is -27.0. The second kappa shape index (κ2) is 24.3. The first kappa shape index (κ1) is 65.1. The third-order valence-electron chi connectivity index (χ3n) is 14.9. The van der Waals surface area contributed by atoms with E-state index in [1.165, 1.54) is 63.6 Å². The summed E-state index contributed by atoms with van der Waals surface area (Å²) >= 11 is 0. The lowest BCUT2D eigenvalue weighted by Crippen LogP contribution is -3.03. The molecule has 0 bridgehead atoms. The SMILES string of the molecule is CCCCCCCCCC[NH+](C)c1ccccc1.Fc1c(F)c(F)c2c([B-](c3c(F)c(F)c(F)c4c(F)c(F)c(F)c(F)c34)(c3c(F)c(F)c(F)c4c(F)c(F)c(F)c(F)c34)c3c(F)c(F)c(F)c4c(F)c(F)c(F)c(F)c34)c(F)c(F)c(F)c2c1F. The summed E-state index contributed by atoms with van der Waals surface area (Å²) in [7, 11) is 2.27. The molecule has 87 heavy (non-hydrogen) atoms. The zero-order chi connectivity index (χ0) is 64.6. The average Bonchev–Trinajstić information content (AvgIpc) is 0.665. The van der Waals surface area contributed by atoms with Crippen LogP contribution in [0.1, 0.15) is 58.3 Å². The van der Waals surface area contributed by atoms with Crippen LogP contribution in [0.5, 0.6) is 0 Å². The molecule has 9 aromatic rings. The number of unbranched alkanes of at least 4 members (excludes halogenated alkanes) is 7. The Labute approximate surface area is 468 Å². The highest BCUT2D eigenvalue weighted by Gasteiger charge is 2.52. The molecule has 1 N–H and O–H groups in total. The molecule has 0 spiro atoms. The van der Waals surface area contributed by atoms with Crippen molar-refractivity contribution in [2.24, 2.45) is 0 Å². The van der Waals surface area contributed by atoms with Crippen LogP contribution in [0, 0.1) is 163 Å². The molecule has 1 unspecified atom stereocenters. The van der Waals surface area contributed by atoms with E-state index in [9.17, 15) is 17.6 Å². The molecule has 9 rings (SSSR count). The summed E-state index contributed by atoms with van der Waals surface area (Å²) in [6, 6.07) is 10.8. The fraction of sp³-hybridized carbons (Fsp3) is 0.193. The fourth-order valence-electron chi connectivity index (χ4n) is 11.0. The number of fused-ring (bicyclic) bond motifs is 4. The smallest absolute Gasteiger partial charge is 0.198 e. The molecule has 0 saturated carbocycles. The monoisotopic (exact) mass is 1270 g/mol. The van der Waals surface area contributed by atoms with Gasteiger partial charge in [-0.3, -0.25) is 0 Å². The van der Waals surface area contributed by atoms with Crippen LogP contribution in [-0.2, 0) is 0 Å². The van der Waals surface area contributed by atoms with E-state index in [4.69, 9.17) is 0 Å². The Hall–Kier alpha value is -7.92. The molecule has 0 aromatic heterocycles. The minimum atomic E-state index is -8.05. The van der Waals surface area contributed by atoms with Crippen molar-refractivity contribution < 1.29 is 128 Å². The number of hydrogen-bond acceptors (Lipinski definition) is 0. The van der Waals surface area contributed by atoms with Gasteiger partial charge in [-0.25, -0.2) is 123 Å². The molecule has 0 aliphatic carbocycles. The van der Waals surface area contributed by atoms with Crippen molar-refractivity contribution in [1.29, 1.82) is 0 Å². The van der Waals surface area contributed by atoms with Gasteiger partial charge in [-0.1, -0.05) is 63.6 Å². The van der Waals surface area contributed by atoms with Crippen LogP contribution in [0.2, 0.25) is 0 Å². The lowest BCUT2D eigenvalue weighted by atomic mass is 9.11. The topological polar surface area (TPSA) is 4.44 Å². The standard InChI is InChI=1S/C40BF28.C17H29N/c42-13-1-5(21(50)37(66)33(13)62)17(46)29(58)25(54)9(1)41(10-2-6(18(47)30(59)26(10)55)22(51)38(67)34(63)14(2)43,11-3-7(19(48)31(60)27(11)56)23(52)39(68)35(64)15(3)44)12-4-8(20(49)32(61)28(12)57)24(53)40(69)36(65)16(4)45;1-3-4-5-6-7-8-9-13-16-18(2)17-14-11-10-12-15-17/h;10-12,14-15H,3-9,13,16H2,1-2H3/q-1;/p+1. The number of hydrogen-bond donors (Lipinski definition) is 1. The van der Waals surface area contributed by atoms with Gasteiger partial charge >= 0.3 is 0 Å². The van der Waals surface area contributed by atoms with Crippen LogP contribution >= 0.6 is 0 Å². The van der Waals surface area contributed by atoms with E-state index in [0.29, 0.717) is 0 Å². The first-order chi connectivity index (χ1) is 40.8. The van der Waals surface area contributed by atoms with Crippen LogP contribution in [0.15, 0.2) is 30.3 Å². The highest BCUT2D eigenvalue weighted by atomic mass is 19.2. The van der Waals surface area contributed by atoms with Gasteiger partial charge in [0.25, 0.3) is 0 Å². The van der Waals surface area contributed by atoms with E-state index in [0.717, 1.165) is 0 Å². The van der Waals surface area contributed by atoms with Gasteiger partial charge in [0.05, 0.1) is 35.1 Å². The molecule has 0 aliphatic heterocycles. The lowest BCUT2D eigenvalue weighted by molar-refractivity contribution is -0.810. The van der Waals surface area contributed by atoms with Crippen molar-refractivity contribution in [1.82, 2.24) is 0 Å². The summed E-state index contributed by atoms with van der Waals surface area (Å²) in [5.74, 6) is -104. The first-order valence-corrected chi connectivity index (χ1v) is 25.2. The number of quaternary nitrogens is 1. The Morgan fingerprint density at radius 1 is 0.241 bits per heavy atom. The Morgan fingerprint density at radius 2 is 0.437 bits per heavy atom. The molecule has 0 fully saturated rings. The van der Waals surface area contributed by atoms with E-state index in [2.05, 4.69) is 44.3 Å². The van der Waals surface area contributed by atoms with Crippen molar-refractivity contribution in [3.8, 4) is 0 Å². The maximum Gasteiger partial charge on any atom is 0.198 e. The first-order valence-electron chi connectivity index (χ1n) is 25.2. The van der Waals surface area contributed by atoms with Gasteiger partial charge in [-0.05, 0) is 46.5 Å². The van der Waals surface area contributed by atoms with Crippen LogP contribution < -0.4 is 26.8 Å². The van der Waals surface area contributed by atoms with Crippen LogP contribution in [0.25, 0.3) is 43.1 Å². The highest BCUT2D eigenvalue weighted by molar-refractivity contribution is 7.23. The zero-order valence-electron chi connectivity index (χ0n) is 43.4. The Morgan fingerprint density at radius 3 is 0.667 bits per heavy atom.